The summed E-state index contributed by atoms with van der Waals surface area (Å²) in [6.45, 7) is -0.200. The van der Waals surface area contributed by atoms with Gasteiger partial charge in [0.15, 0.2) is 0 Å². The van der Waals surface area contributed by atoms with E-state index in [1.54, 1.807) is 11.8 Å². The van der Waals surface area contributed by atoms with Gasteiger partial charge in [-0.3, -0.25) is 4.79 Å². The maximum atomic E-state index is 12.9. The molecule has 8 heteroatoms. The molecule has 3 nitrogen and oxygen atoms in total. The number of amides is 1. The molecule has 1 aromatic rings. The van der Waals surface area contributed by atoms with E-state index in [4.69, 9.17) is 5.73 Å². The molecule has 0 radical (unpaired) electrons. The Morgan fingerprint density at radius 1 is 1.48 bits per heavy atom. The molecule has 0 saturated heterocycles. The second-order valence-electron chi connectivity index (χ2n) is 4.40. The van der Waals surface area contributed by atoms with Gasteiger partial charge in [0, 0.05) is 11.0 Å². The molecule has 0 saturated carbocycles. The fraction of sp³-hybridized carbons (Fsp3) is 0.462. The van der Waals surface area contributed by atoms with Crippen LogP contribution in [0.2, 0.25) is 0 Å². The van der Waals surface area contributed by atoms with Crippen LogP contribution >= 0.6 is 27.7 Å². The standard InChI is InChI=1S/C13H16BrF3N2OS/c1-21-5-4-11(18)12(20)19-7-8-2-3-9(14)6-10(8)13(15,16)17/h2-3,6,11H,4-5,7,18H2,1H3,(H,19,20). The summed E-state index contributed by atoms with van der Waals surface area (Å²) in [5.41, 5.74) is 4.90. The van der Waals surface area contributed by atoms with Gasteiger partial charge in [0.25, 0.3) is 0 Å². The van der Waals surface area contributed by atoms with E-state index in [9.17, 15) is 18.0 Å². The normalized spacial score (nSPS) is 13.0. The second kappa shape index (κ2) is 8.05. The first-order valence-electron chi connectivity index (χ1n) is 6.13. The van der Waals surface area contributed by atoms with Gasteiger partial charge in [0.05, 0.1) is 11.6 Å². The first-order valence-corrected chi connectivity index (χ1v) is 8.32. The Bertz CT molecular complexity index is 497. The van der Waals surface area contributed by atoms with Crippen LogP contribution in [-0.4, -0.2) is 24.0 Å². The number of carbonyl (C=O) groups excluding carboxylic acids is 1. The molecule has 1 aromatic carbocycles. The molecule has 0 heterocycles. The highest BCUT2D eigenvalue weighted by Gasteiger charge is 2.33. The minimum absolute atomic E-state index is 0.0103. The number of alkyl halides is 3. The van der Waals surface area contributed by atoms with Crippen LogP contribution in [0.4, 0.5) is 13.2 Å². The minimum atomic E-state index is -4.47. The molecule has 0 fully saturated rings. The van der Waals surface area contributed by atoms with Crippen LogP contribution in [0.1, 0.15) is 17.5 Å². The average molecular weight is 385 g/mol. The molecule has 1 rings (SSSR count). The van der Waals surface area contributed by atoms with Crippen molar-refractivity contribution in [1.29, 1.82) is 0 Å². The quantitative estimate of drug-likeness (QED) is 0.791. The third kappa shape index (κ3) is 5.88. The van der Waals surface area contributed by atoms with Gasteiger partial charge in [0.1, 0.15) is 0 Å². The molecular weight excluding hydrogens is 369 g/mol. The largest absolute Gasteiger partial charge is 0.416 e. The van der Waals surface area contributed by atoms with Crippen molar-refractivity contribution in [3.05, 3.63) is 33.8 Å². The molecule has 0 aliphatic heterocycles. The highest BCUT2D eigenvalue weighted by Crippen LogP contribution is 2.33. The molecule has 118 valence electrons. The lowest BCUT2D eigenvalue weighted by molar-refractivity contribution is -0.138. The van der Waals surface area contributed by atoms with Crippen molar-refractivity contribution in [3.8, 4) is 0 Å². The number of rotatable bonds is 6. The van der Waals surface area contributed by atoms with E-state index in [0.717, 1.165) is 11.8 Å². The van der Waals surface area contributed by atoms with Gasteiger partial charge in [-0.25, -0.2) is 0 Å². The summed E-state index contributed by atoms with van der Waals surface area (Å²) in [6.07, 6.45) is -2.09. The Morgan fingerprint density at radius 2 is 2.14 bits per heavy atom. The molecule has 0 bridgehead atoms. The van der Waals surface area contributed by atoms with E-state index in [0.29, 0.717) is 10.9 Å². The van der Waals surface area contributed by atoms with Crippen molar-refractivity contribution in [2.24, 2.45) is 5.73 Å². The van der Waals surface area contributed by atoms with Crippen molar-refractivity contribution in [3.63, 3.8) is 0 Å². The fourth-order valence-electron chi connectivity index (χ4n) is 1.66. The predicted molar refractivity (Wildman–Crippen MR) is 82.0 cm³/mol. The molecule has 0 aliphatic rings. The number of hydrogen-bond acceptors (Lipinski definition) is 3. The maximum absolute atomic E-state index is 12.9. The SMILES string of the molecule is CSCCC(N)C(=O)NCc1ccc(Br)cc1C(F)(F)F. The molecular formula is C13H16BrF3N2OS. The lowest BCUT2D eigenvalue weighted by atomic mass is 10.1. The van der Waals surface area contributed by atoms with Gasteiger partial charge < -0.3 is 11.1 Å². The highest BCUT2D eigenvalue weighted by atomic mass is 79.9. The molecule has 0 spiro atoms. The summed E-state index contributed by atoms with van der Waals surface area (Å²) in [4.78, 5) is 11.7. The van der Waals surface area contributed by atoms with Gasteiger partial charge in [-0.15, -0.1) is 0 Å². The summed E-state index contributed by atoms with van der Waals surface area (Å²) in [5.74, 6) is 0.279. The molecule has 21 heavy (non-hydrogen) atoms. The summed E-state index contributed by atoms with van der Waals surface area (Å²) in [6, 6.07) is 3.13. The molecule has 0 aliphatic carbocycles. The van der Waals surface area contributed by atoms with Crippen molar-refractivity contribution >= 4 is 33.6 Å². The minimum Gasteiger partial charge on any atom is -0.351 e. The zero-order valence-corrected chi connectivity index (χ0v) is 13.7. The van der Waals surface area contributed by atoms with E-state index >= 15 is 0 Å². The molecule has 0 aromatic heterocycles. The van der Waals surface area contributed by atoms with Crippen LogP contribution in [0.3, 0.4) is 0 Å². The van der Waals surface area contributed by atoms with Crippen molar-refractivity contribution in [2.45, 2.75) is 25.2 Å². The summed E-state index contributed by atoms with van der Waals surface area (Å²) >= 11 is 4.57. The van der Waals surface area contributed by atoms with E-state index in [-0.39, 0.29) is 12.1 Å². The lowest BCUT2D eigenvalue weighted by Gasteiger charge is -2.15. The van der Waals surface area contributed by atoms with Crippen LogP contribution < -0.4 is 11.1 Å². The van der Waals surface area contributed by atoms with Gasteiger partial charge in [-0.05, 0) is 36.1 Å². The van der Waals surface area contributed by atoms with E-state index in [1.807, 2.05) is 6.26 Å². The Hall–Kier alpha value is -0.730. The highest BCUT2D eigenvalue weighted by molar-refractivity contribution is 9.10. The average Bonchev–Trinajstić information content (AvgIpc) is 2.41. The molecule has 1 atom stereocenters. The van der Waals surface area contributed by atoms with Crippen LogP contribution in [0, 0.1) is 0 Å². The van der Waals surface area contributed by atoms with Gasteiger partial charge in [-0.1, -0.05) is 22.0 Å². The monoisotopic (exact) mass is 384 g/mol. The first-order chi connectivity index (χ1) is 9.75. The molecule has 3 N–H and O–H groups in total. The van der Waals surface area contributed by atoms with Gasteiger partial charge in [-0.2, -0.15) is 24.9 Å². The van der Waals surface area contributed by atoms with Gasteiger partial charge in [0.2, 0.25) is 5.91 Å². The van der Waals surface area contributed by atoms with E-state index in [2.05, 4.69) is 21.2 Å². The smallest absolute Gasteiger partial charge is 0.351 e. The zero-order chi connectivity index (χ0) is 16.0. The van der Waals surface area contributed by atoms with Crippen LogP contribution in [0.5, 0.6) is 0 Å². The number of carbonyl (C=O) groups is 1. The molecule has 1 amide bonds. The number of halogens is 4. The zero-order valence-electron chi connectivity index (χ0n) is 11.3. The number of benzene rings is 1. The van der Waals surface area contributed by atoms with Crippen molar-refractivity contribution in [2.75, 3.05) is 12.0 Å². The summed E-state index contributed by atoms with van der Waals surface area (Å²) < 4.78 is 39.1. The Morgan fingerprint density at radius 3 is 2.71 bits per heavy atom. The number of nitrogens with two attached hydrogens (primary N) is 1. The van der Waals surface area contributed by atoms with Crippen molar-refractivity contribution in [1.82, 2.24) is 5.32 Å². The number of thioether (sulfide) groups is 1. The van der Waals surface area contributed by atoms with E-state index in [1.165, 1.54) is 12.1 Å². The predicted octanol–water partition coefficient (Wildman–Crippen LogP) is 3.16. The van der Waals surface area contributed by atoms with Crippen LogP contribution in [-0.2, 0) is 17.5 Å². The third-order valence-corrected chi connectivity index (χ3v) is 3.94. The third-order valence-electron chi connectivity index (χ3n) is 2.80. The van der Waals surface area contributed by atoms with E-state index < -0.39 is 23.7 Å². The van der Waals surface area contributed by atoms with Crippen LogP contribution in [0.25, 0.3) is 0 Å². The number of hydrogen-bond donors (Lipinski definition) is 2. The number of nitrogens with one attached hydrogen (secondary N) is 1. The Kier molecular flexibility index (Phi) is 7.02. The Balaban J connectivity index is 2.73. The first kappa shape index (κ1) is 18.3. The molecule has 1 unspecified atom stereocenters. The van der Waals surface area contributed by atoms with Gasteiger partial charge >= 0.3 is 6.18 Å². The lowest BCUT2D eigenvalue weighted by Crippen LogP contribution is -2.40. The van der Waals surface area contributed by atoms with Crippen molar-refractivity contribution < 1.29 is 18.0 Å². The van der Waals surface area contributed by atoms with Crippen LogP contribution in [0.15, 0.2) is 22.7 Å². The summed E-state index contributed by atoms with van der Waals surface area (Å²) in [7, 11) is 0. The summed E-state index contributed by atoms with van der Waals surface area (Å²) in [5, 5.41) is 2.45. The maximum Gasteiger partial charge on any atom is 0.416 e. The second-order valence-corrected chi connectivity index (χ2v) is 6.31. The topological polar surface area (TPSA) is 55.1 Å². The Labute approximate surface area is 134 Å². The fourth-order valence-corrected chi connectivity index (χ4v) is 2.51.